The fraction of sp³-hybridized carbons (Fsp3) is 0.278. The van der Waals surface area contributed by atoms with Crippen LogP contribution in [0.3, 0.4) is 0 Å². The molecular weight excluding hydrogens is 357 g/mol. The summed E-state index contributed by atoms with van der Waals surface area (Å²) in [7, 11) is 0. The van der Waals surface area contributed by atoms with Gasteiger partial charge in [0.15, 0.2) is 0 Å². The molecule has 0 aliphatic carbocycles. The van der Waals surface area contributed by atoms with Gasteiger partial charge in [0.25, 0.3) is 5.56 Å². The number of unbranched alkanes of at least 4 members (excludes halogenated alkanes) is 1. The van der Waals surface area contributed by atoms with Gasteiger partial charge in [-0.05, 0) is 48.6 Å². The molecule has 0 saturated carbocycles. The number of halogens is 1. The van der Waals surface area contributed by atoms with Gasteiger partial charge in [-0.1, -0.05) is 0 Å². The van der Waals surface area contributed by atoms with Crippen LogP contribution in [-0.2, 0) is 11.3 Å². The Morgan fingerprint density at radius 1 is 1.23 bits per heavy atom. The van der Waals surface area contributed by atoms with E-state index in [9.17, 15) is 14.0 Å². The molecule has 1 aromatic carbocycles. The van der Waals surface area contributed by atoms with Gasteiger partial charge in [0, 0.05) is 6.54 Å². The number of carbonyl (C=O) groups is 1. The monoisotopic (exact) mass is 375 g/mol. The van der Waals surface area contributed by atoms with Crippen molar-refractivity contribution in [1.82, 2.24) is 14.9 Å². The highest BCUT2D eigenvalue weighted by Gasteiger charge is 2.08. The molecule has 26 heavy (non-hydrogen) atoms. The van der Waals surface area contributed by atoms with Crippen LogP contribution in [0.1, 0.15) is 12.8 Å². The van der Waals surface area contributed by atoms with Gasteiger partial charge in [-0.25, -0.2) is 9.37 Å². The highest BCUT2D eigenvalue weighted by atomic mass is 32.1. The van der Waals surface area contributed by atoms with E-state index in [0.717, 1.165) is 12.8 Å². The Balaban J connectivity index is 1.36. The molecular formula is C18H18FN3O3S. The second kappa shape index (κ2) is 8.57. The van der Waals surface area contributed by atoms with E-state index in [2.05, 4.69) is 10.3 Å². The molecule has 2 aromatic heterocycles. The maximum atomic E-state index is 12.8. The summed E-state index contributed by atoms with van der Waals surface area (Å²) in [6.07, 6.45) is 2.89. The van der Waals surface area contributed by atoms with E-state index >= 15 is 0 Å². The summed E-state index contributed by atoms with van der Waals surface area (Å²) in [5, 5.41) is 5.11. The van der Waals surface area contributed by atoms with E-state index in [1.54, 1.807) is 23.6 Å². The summed E-state index contributed by atoms with van der Waals surface area (Å²) < 4.78 is 19.6. The summed E-state index contributed by atoms with van der Waals surface area (Å²) in [4.78, 5) is 29.0. The minimum absolute atomic E-state index is 0.0519. The van der Waals surface area contributed by atoms with Crippen LogP contribution in [0.25, 0.3) is 10.2 Å². The molecule has 1 N–H and O–H groups in total. The molecule has 0 bridgehead atoms. The smallest absolute Gasteiger partial charge is 0.262 e. The Kier molecular flexibility index (Phi) is 5.96. The van der Waals surface area contributed by atoms with Crippen LogP contribution in [0.5, 0.6) is 5.75 Å². The first-order valence-electron chi connectivity index (χ1n) is 8.21. The van der Waals surface area contributed by atoms with Gasteiger partial charge in [-0.15, -0.1) is 11.3 Å². The summed E-state index contributed by atoms with van der Waals surface area (Å²) in [5.74, 6) is 0.0848. The van der Waals surface area contributed by atoms with E-state index in [1.807, 2.05) is 0 Å². The molecule has 6 nitrogen and oxygen atoms in total. The lowest BCUT2D eigenvalue weighted by Crippen LogP contribution is -2.32. The Labute approximate surface area is 153 Å². The van der Waals surface area contributed by atoms with E-state index < -0.39 is 0 Å². The zero-order valence-corrected chi connectivity index (χ0v) is 14.8. The molecule has 1 amide bonds. The first-order chi connectivity index (χ1) is 12.6. The normalized spacial score (nSPS) is 10.8. The van der Waals surface area contributed by atoms with Gasteiger partial charge >= 0.3 is 0 Å². The predicted molar refractivity (Wildman–Crippen MR) is 98.0 cm³/mol. The number of ether oxygens (including phenoxy) is 1. The SMILES string of the molecule is O=C(Cn1cnc2sccc2c1=O)NCCCCOc1ccc(F)cc1. The third-order valence-electron chi connectivity index (χ3n) is 3.74. The number of fused-ring (bicyclic) bond motifs is 1. The molecule has 0 fully saturated rings. The molecule has 0 aliphatic heterocycles. The fourth-order valence-corrected chi connectivity index (χ4v) is 3.12. The van der Waals surface area contributed by atoms with Gasteiger partial charge in [0.2, 0.25) is 5.91 Å². The van der Waals surface area contributed by atoms with E-state index in [-0.39, 0.29) is 23.8 Å². The van der Waals surface area contributed by atoms with Crippen LogP contribution in [0.2, 0.25) is 0 Å². The van der Waals surface area contributed by atoms with E-state index in [0.29, 0.717) is 29.1 Å². The van der Waals surface area contributed by atoms with Gasteiger partial charge in [0.05, 0.1) is 18.3 Å². The number of hydrogen-bond donors (Lipinski definition) is 1. The number of benzene rings is 1. The summed E-state index contributed by atoms with van der Waals surface area (Å²) in [5.41, 5.74) is -0.209. The number of nitrogens with one attached hydrogen (secondary N) is 1. The van der Waals surface area contributed by atoms with Crippen LogP contribution < -0.4 is 15.6 Å². The average Bonchev–Trinajstić information content (AvgIpc) is 3.11. The van der Waals surface area contributed by atoms with Crippen molar-refractivity contribution in [3.63, 3.8) is 0 Å². The molecule has 0 spiro atoms. The van der Waals surface area contributed by atoms with Crippen molar-refractivity contribution in [2.45, 2.75) is 19.4 Å². The number of thiophene rings is 1. The first-order valence-corrected chi connectivity index (χ1v) is 9.09. The van der Waals surface area contributed by atoms with Gasteiger partial charge < -0.3 is 10.1 Å². The number of aromatic nitrogens is 2. The number of hydrogen-bond acceptors (Lipinski definition) is 5. The third kappa shape index (κ3) is 4.66. The first kappa shape index (κ1) is 18.1. The van der Waals surface area contributed by atoms with Crippen molar-refractivity contribution in [2.24, 2.45) is 0 Å². The Morgan fingerprint density at radius 2 is 2.04 bits per heavy atom. The minimum atomic E-state index is -0.299. The number of amides is 1. The van der Waals surface area contributed by atoms with Crippen LogP contribution in [0.15, 0.2) is 46.8 Å². The topological polar surface area (TPSA) is 73.2 Å². The van der Waals surface area contributed by atoms with Crippen LogP contribution >= 0.6 is 11.3 Å². The number of carbonyl (C=O) groups excluding carboxylic acids is 1. The largest absolute Gasteiger partial charge is 0.494 e. The van der Waals surface area contributed by atoms with Gasteiger partial charge in [0.1, 0.15) is 22.9 Å². The van der Waals surface area contributed by atoms with Crippen LogP contribution in [0, 0.1) is 5.82 Å². The molecule has 0 atom stereocenters. The molecule has 136 valence electrons. The molecule has 2 heterocycles. The average molecular weight is 375 g/mol. The number of rotatable bonds is 8. The molecule has 0 radical (unpaired) electrons. The van der Waals surface area contributed by atoms with Crippen molar-refractivity contribution < 1.29 is 13.9 Å². The van der Waals surface area contributed by atoms with E-state index in [4.69, 9.17) is 4.74 Å². The van der Waals surface area contributed by atoms with Crippen molar-refractivity contribution >= 4 is 27.5 Å². The second-order valence-corrected chi connectivity index (χ2v) is 6.57. The number of nitrogens with zero attached hydrogens (tertiary/aromatic N) is 2. The fourth-order valence-electron chi connectivity index (χ4n) is 2.39. The maximum Gasteiger partial charge on any atom is 0.262 e. The molecule has 3 rings (SSSR count). The van der Waals surface area contributed by atoms with E-state index in [1.165, 1.54) is 34.4 Å². The van der Waals surface area contributed by atoms with Crippen molar-refractivity contribution in [3.05, 3.63) is 58.2 Å². The molecule has 0 unspecified atom stereocenters. The zero-order valence-electron chi connectivity index (χ0n) is 14.0. The predicted octanol–water partition coefficient (Wildman–Crippen LogP) is 2.57. The molecule has 0 saturated heterocycles. The molecule has 3 aromatic rings. The van der Waals surface area contributed by atoms with Gasteiger partial charge in [-0.3, -0.25) is 14.2 Å². The molecule has 0 aliphatic rings. The lowest BCUT2D eigenvalue weighted by atomic mass is 10.3. The van der Waals surface area contributed by atoms with Crippen molar-refractivity contribution in [2.75, 3.05) is 13.2 Å². The van der Waals surface area contributed by atoms with Crippen LogP contribution in [-0.4, -0.2) is 28.6 Å². The Hall–Kier alpha value is -2.74. The summed E-state index contributed by atoms with van der Waals surface area (Å²) in [6, 6.07) is 7.56. The van der Waals surface area contributed by atoms with Gasteiger partial charge in [-0.2, -0.15) is 0 Å². The summed E-state index contributed by atoms with van der Waals surface area (Å²) in [6.45, 7) is 0.928. The van der Waals surface area contributed by atoms with Crippen molar-refractivity contribution in [1.29, 1.82) is 0 Å². The standard InChI is InChI=1S/C18H18FN3O3S/c19-13-3-5-14(6-4-13)25-9-2-1-8-20-16(23)11-22-12-21-17-15(18(22)24)7-10-26-17/h3-7,10,12H,1-2,8-9,11H2,(H,20,23). The summed E-state index contributed by atoms with van der Waals surface area (Å²) >= 11 is 1.39. The third-order valence-corrected chi connectivity index (χ3v) is 4.56. The lowest BCUT2D eigenvalue weighted by molar-refractivity contribution is -0.121. The lowest BCUT2D eigenvalue weighted by Gasteiger charge is -2.08. The highest BCUT2D eigenvalue weighted by Crippen LogP contribution is 2.13. The maximum absolute atomic E-state index is 12.8. The zero-order chi connectivity index (χ0) is 18.4. The van der Waals surface area contributed by atoms with Crippen molar-refractivity contribution in [3.8, 4) is 5.75 Å². The highest BCUT2D eigenvalue weighted by molar-refractivity contribution is 7.16. The molecule has 8 heteroatoms. The Bertz CT molecular complexity index is 937. The quantitative estimate of drug-likeness (QED) is 0.614. The Morgan fingerprint density at radius 3 is 2.85 bits per heavy atom. The second-order valence-electron chi connectivity index (χ2n) is 5.68. The van der Waals surface area contributed by atoms with Crippen LogP contribution in [0.4, 0.5) is 4.39 Å². The minimum Gasteiger partial charge on any atom is -0.494 e.